The van der Waals surface area contributed by atoms with E-state index in [9.17, 15) is 9.90 Å². The Balaban J connectivity index is 2.29. The number of aliphatic hydroxyl groups excluding tert-OH is 1. The molecule has 0 aliphatic carbocycles. The van der Waals surface area contributed by atoms with E-state index in [1.807, 2.05) is 18.2 Å². The van der Waals surface area contributed by atoms with Gasteiger partial charge in [0.05, 0.1) is 18.3 Å². The van der Waals surface area contributed by atoms with Crippen LogP contribution < -0.4 is 5.63 Å². The predicted octanol–water partition coefficient (Wildman–Crippen LogP) is 10.0. The third-order valence-corrected chi connectivity index (χ3v) is 14.4. The van der Waals surface area contributed by atoms with Crippen molar-refractivity contribution in [2.24, 2.45) is 29.6 Å². The van der Waals surface area contributed by atoms with Crippen molar-refractivity contribution in [1.82, 2.24) is 0 Å². The quantitative estimate of drug-likeness (QED) is 0.0737. The van der Waals surface area contributed by atoms with Gasteiger partial charge in [-0.25, -0.2) is 4.79 Å². The fourth-order valence-electron chi connectivity index (χ4n) is 6.11. The van der Waals surface area contributed by atoms with Crippen LogP contribution in [0.25, 0.3) is 17.0 Å². The molecule has 1 heterocycles. The van der Waals surface area contributed by atoms with Crippen LogP contribution in [0.1, 0.15) is 87.6 Å². The highest BCUT2D eigenvalue weighted by molar-refractivity contribution is 6.74. The van der Waals surface area contributed by atoms with Crippen LogP contribution in [-0.4, -0.2) is 45.6 Å². The van der Waals surface area contributed by atoms with Gasteiger partial charge < -0.3 is 23.4 Å². The van der Waals surface area contributed by atoms with E-state index in [1.54, 1.807) is 13.2 Å². The first-order valence-corrected chi connectivity index (χ1v) is 20.3. The minimum atomic E-state index is -2.10. The van der Waals surface area contributed by atoms with E-state index < -0.39 is 14.4 Å². The maximum Gasteiger partial charge on any atom is 0.336 e. The maximum atomic E-state index is 11.7. The molecule has 264 valence electrons. The standard InChI is InChI=1S/C40H64O6Si/c1-14-15-16-28(3)37(42)32(7)39(46-47(12,13)40(8,9)10)31(6)24-27(2)23-30(5)38(44-26-43-11)29(4)17-18-33-19-20-34-21-22-36(41)45-35(34)25-33/h15-23,25,28-32,37-39,42H,14,24,26H2,1-13H3/b16-15-,18-17-,27-23-/t28?,29?,30-,31-,32+,37-,38-,39+/m0/s1. The molecular weight excluding hydrogens is 605 g/mol. The SMILES string of the molecule is CC/C=C\C(C)[C@H](O)[C@@H](C)[C@H](O[Si](C)(C)C(C)(C)C)[C@@H](C)C/C(C)=C\[C@H](C)[C@@H](OCOC)C(C)/C=C\c1ccc2ccc(=O)oc2c1. The van der Waals surface area contributed by atoms with Crippen molar-refractivity contribution < 1.29 is 23.4 Å². The summed E-state index contributed by atoms with van der Waals surface area (Å²) in [7, 11) is -0.454. The highest BCUT2D eigenvalue weighted by Gasteiger charge is 2.43. The van der Waals surface area contributed by atoms with Gasteiger partial charge in [-0.3, -0.25) is 0 Å². The highest BCUT2D eigenvalue weighted by Crippen LogP contribution is 2.41. The van der Waals surface area contributed by atoms with Crippen LogP contribution in [0.3, 0.4) is 0 Å². The Kier molecular flexibility index (Phi) is 16.1. The van der Waals surface area contributed by atoms with Gasteiger partial charge in [-0.1, -0.05) is 110 Å². The molecule has 1 aromatic carbocycles. The number of fused-ring (bicyclic) bond motifs is 1. The molecule has 1 aromatic heterocycles. The smallest absolute Gasteiger partial charge is 0.336 e. The molecule has 0 amide bonds. The molecule has 0 saturated carbocycles. The van der Waals surface area contributed by atoms with Gasteiger partial charge in [0.25, 0.3) is 0 Å². The summed E-state index contributed by atoms with van der Waals surface area (Å²) in [5.74, 6) is 0.451. The summed E-state index contributed by atoms with van der Waals surface area (Å²) in [5.41, 5.74) is 2.46. The normalized spacial score (nSPS) is 18.7. The average Bonchev–Trinajstić information content (AvgIpc) is 2.99. The summed E-state index contributed by atoms with van der Waals surface area (Å²) in [5, 5.41) is 12.4. The van der Waals surface area contributed by atoms with Crippen LogP contribution >= 0.6 is 0 Å². The number of aliphatic hydroxyl groups is 1. The van der Waals surface area contributed by atoms with E-state index in [2.05, 4.69) is 113 Å². The lowest BCUT2D eigenvalue weighted by Gasteiger charge is -2.44. The fourth-order valence-corrected chi connectivity index (χ4v) is 7.60. The van der Waals surface area contributed by atoms with Gasteiger partial charge in [0.2, 0.25) is 0 Å². The van der Waals surface area contributed by atoms with Crippen molar-refractivity contribution in [2.45, 2.75) is 119 Å². The van der Waals surface area contributed by atoms with Crippen LogP contribution in [0.5, 0.6) is 0 Å². The molecule has 8 atom stereocenters. The Morgan fingerprint density at radius 1 is 0.979 bits per heavy atom. The van der Waals surface area contributed by atoms with E-state index in [4.69, 9.17) is 18.3 Å². The zero-order valence-corrected chi connectivity index (χ0v) is 32.5. The number of allylic oxidation sites excluding steroid dienone is 2. The Bertz CT molecular complexity index is 1380. The van der Waals surface area contributed by atoms with Crippen LogP contribution in [0.2, 0.25) is 18.1 Å². The molecule has 1 N–H and O–H groups in total. The number of hydrogen-bond donors (Lipinski definition) is 1. The van der Waals surface area contributed by atoms with Crippen molar-refractivity contribution in [2.75, 3.05) is 13.9 Å². The molecule has 2 unspecified atom stereocenters. The lowest BCUT2D eigenvalue weighted by Crippen LogP contribution is -2.49. The van der Waals surface area contributed by atoms with Crippen molar-refractivity contribution in [3.8, 4) is 0 Å². The molecule has 6 nitrogen and oxygen atoms in total. The Labute approximate surface area is 286 Å². The Hall–Kier alpha value is -2.29. The molecule has 0 aliphatic rings. The highest BCUT2D eigenvalue weighted by atomic mass is 28.4. The number of ether oxygens (including phenoxy) is 2. The molecule has 0 fully saturated rings. The van der Waals surface area contributed by atoms with Crippen LogP contribution in [0.4, 0.5) is 0 Å². The Morgan fingerprint density at radius 3 is 2.26 bits per heavy atom. The van der Waals surface area contributed by atoms with Gasteiger partial charge in [-0.05, 0) is 61.5 Å². The minimum Gasteiger partial charge on any atom is -0.423 e. The van der Waals surface area contributed by atoms with Crippen LogP contribution in [-0.2, 0) is 13.9 Å². The molecular formula is C40H64O6Si. The molecule has 0 spiro atoms. The second-order valence-corrected chi connectivity index (χ2v) is 20.0. The fraction of sp³-hybridized carbons (Fsp3) is 0.625. The van der Waals surface area contributed by atoms with E-state index in [-0.39, 0.29) is 59.3 Å². The van der Waals surface area contributed by atoms with Crippen LogP contribution in [0.15, 0.2) is 69.4 Å². The number of rotatable bonds is 18. The molecule has 7 heteroatoms. The summed E-state index contributed by atoms with van der Waals surface area (Å²) < 4.78 is 24.0. The molecule has 2 rings (SSSR count). The summed E-state index contributed by atoms with van der Waals surface area (Å²) >= 11 is 0. The van der Waals surface area contributed by atoms with E-state index in [1.165, 1.54) is 11.6 Å². The van der Waals surface area contributed by atoms with Crippen molar-refractivity contribution in [1.29, 1.82) is 0 Å². The summed E-state index contributed by atoms with van der Waals surface area (Å²) in [6.07, 6.45) is 11.9. The lowest BCUT2D eigenvalue weighted by molar-refractivity contribution is -0.0947. The number of benzene rings is 1. The molecule has 2 aromatic rings. The van der Waals surface area contributed by atoms with Crippen molar-refractivity contribution in [3.63, 3.8) is 0 Å². The predicted molar refractivity (Wildman–Crippen MR) is 200 cm³/mol. The van der Waals surface area contributed by atoms with E-state index in [0.717, 1.165) is 23.8 Å². The minimum absolute atomic E-state index is 0.0214. The third kappa shape index (κ3) is 12.3. The molecule has 0 aliphatic heterocycles. The van der Waals surface area contributed by atoms with Crippen molar-refractivity contribution in [3.05, 3.63) is 76.2 Å². The van der Waals surface area contributed by atoms with Gasteiger partial charge in [0.1, 0.15) is 12.4 Å². The maximum absolute atomic E-state index is 11.7. The third-order valence-electron chi connectivity index (χ3n) is 9.91. The molecule has 47 heavy (non-hydrogen) atoms. The Morgan fingerprint density at radius 2 is 1.64 bits per heavy atom. The number of hydrogen-bond acceptors (Lipinski definition) is 6. The monoisotopic (exact) mass is 668 g/mol. The second-order valence-electron chi connectivity index (χ2n) is 15.2. The van der Waals surface area contributed by atoms with Gasteiger partial charge >= 0.3 is 5.63 Å². The molecule has 0 radical (unpaired) electrons. The zero-order chi connectivity index (χ0) is 35.5. The first kappa shape index (κ1) is 40.9. The van der Waals surface area contributed by atoms with Gasteiger partial charge in [0.15, 0.2) is 8.32 Å². The van der Waals surface area contributed by atoms with Gasteiger partial charge in [-0.15, -0.1) is 0 Å². The summed E-state index contributed by atoms with van der Waals surface area (Å²) in [6, 6.07) is 9.09. The lowest BCUT2D eigenvalue weighted by atomic mass is 9.81. The zero-order valence-electron chi connectivity index (χ0n) is 31.5. The second kappa shape index (κ2) is 18.5. The topological polar surface area (TPSA) is 78.1 Å². The van der Waals surface area contributed by atoms with E-state index in [0.29, 0.717) is 5.58 Å². The largest absolute Gasteiger partial charge is 0.423 e. The van der Waals surface area contributed by atoms with Gasteiger partial charge in [-0.2, -0.15) is 0 Å². The summed E-state index contributed by atoms with van der Waals surface area (Å²) in [4.78, 5) is 11.7. The van der Waals surface area contributed by atoms with Gasteiger partial charge in [0, 0.05) is 42.2 Å². The first-order chi connectivity index (χ1) is 21.9. The van der Waals surface area contributed by atoms with E-state index >= 15 is 0 Å². The summed E-state index contributed by atoms with van der Waals surface area (Å²) in [6.45, 7) is 26.8. The van der Waals surface area contributed by atoms with Crippen molar-refractivity contribution >= 4 is 25.4 Å². The van der Waals surface area contributed by atoms with Crippen LogP contribution in [0, 0.1) is 29.6 Å². The average molecular weight is 669 g/mol. The number of methoxy groups -OCH3 is 1. The first-order valence-electron chi connectivity index (χ1n) is 17.4. The molecule has 0 saturated heterocycles. The molecule has 0 bridgehead atoms.